The molecule has 0 spiro atoms. The van der Waals surface area contributed by atoms with Gasteiger partial charge in [0.25, 0.3) is 0 Å². The van der Waals surface area contributed by atoms with Crippen LogP contribution in [0.1, 0.15) is 23.6 Å². The van der Waals surface area contributed by atoms with E-state index < -0.39 is 0 Å². The van der Waals surface area contributed by atoms with Crippen molar-refractivity contribution in [3.05, 3.63) is 95.6 Å². The van der Waals surface area contributed by atoms with Crippen molar-refractivity contribution >= 4 is 53.4 Å². The van der Waals surface area contributed by atoms with Crippen molar-refractivity contribution in [1.29, 1.82) is 0 Å². The Bertz CT molecular complexity index is 1520. The largest absolute Gasteiger partial charge is 0.456 e. The van der Waals surface area contributed by atoms with E-state index in [0.717, 1.165) is 24.0 Å². The van der Waals surface area contributed by atoms with E-state index in [2.05, 4.69) is 79.7 Å². The zero-order chi connectivity index (χ0) is 19.4. The number of hydrogen-bond donors (Lipinski definition) is 0. The molecular formula is C27H20OS. The minimum Gasteiger partial charge on any atom is -0.456 e. The lowest BCUT2D eigenvalue weighted by atomic mass is 9.96. The monoisotopic (exact) mass is 392 g/mol. The van der Waals surface area contributed by atoms with Gasteiger partial charge in [-0.3, -0.25) is 0 Å². The average Bonchev–Trinajstić information content (AvgIpc) is 3.32. The molecule has 0 bridgehead atoms. The number of thiophene rings is 1. The van der Waals surface area contributed by atoms with E-state index in [1.807, 2.05) is 17.4 Å². The molecule has 2 heteroatoms. The van der Waals surface area contributed by atoms with Crippen LogP contribution in [0.4, 0.5) is 0 Å². The van der Waals surface area contributed by atoms with Crippen LogP contribution in [0, 0.1) is 0 Å². The summed E-state index contributed by atoms with van der Waals surface area (Å²) in [5.74, 6) is 0. The van der Waals surface area contributed by atoms with Crippen LogP contribution in [0.2, 0.25) is 0 Å². The third-order valence-electron chi connectivity index (χ3n) is 5.91. The summed E-state index contributed by atoms with van der Waals surface area (Å²) in [6.45, 7) is 2.19. The molecule has 1 nitrogen and oxygen atoms in total. The Morgan fingerprint density at radius 3 is 2.38 bits per heavy atom. The molecule has 0 aliphatic heterocycles. The summed E-state index contributed by atoms with van der Waals surface area (Å²) in [6, 6.07) is 28.5. The van der Waals surface area contributed by atoms with E-state index in [4.69, 9.17) is 4.42 Å². The standard InChI is InChI=1S/C27H20OS/c1-2-18-12-13-19(26-22-8-3-5-9-23(22)28-27(18)26)15-17-11-14-21-20-7-4-6-10-24(20)29-25(21)16-17/h3-14,16H,2,15H2,1H3. The highest BCUT2D eigenvalue weighted by atomic mass is 32.1. The SMILES string of the molecule is CCc1ccc(Cc2ccc3c(c2)sc2ccccc23)c2c1oc1ccccc12. The van der Waals surface area contributed by atoms with E-state index in [-0.39, 0.29) is 0 Å². The van der Waals surface area contributed by atoms with Gasteiger partial charge >= 0.3 is 0 Å². The second-order valence-electron chi connectivity index (χ2n) is 7.65. The van der Waals surface area contributed by atoms with Crippen LogP contribution in [0.3, 0.4) is 0 Å². The zero-order valence-corrected chi connectivity index (χ0v) is 17.1. The summed E-state index contributed by atoms with van der Waals surface area (Å²) < 4.78 is 8.98. The van der Waals surface area contributed by atoms with Crippen molar-refractivity contribution in [2.24, 2.45) is 0 Å². The van der Waals surface area contributed by atoms with Crippen LogP contribution in [0.5, 0.6) is 0 Å². The molecule has 0 aliphatic carbocycles. The number of benzene rings is 4. The van der Waals surface area contributed by atoms with Gasteiger partial charge in [-0.05, 0) is 47.7 Å². The third kappa shape index (κ3) is 2.60. The van der Waals surface area contributed by atoms with Crippen LogP contribution in [-0.4, -0.2) is 0 Å². The molecule has 0 radical (unpaired) electrons. The van der Waals surface area contributed by atoms with Gasteiger partial charge in [0.15, 0.2) is 0 Å². The fourth-order valence-corrected chi connectivity index (χ4v) is 5.65. The van der Waals surface area contributed by atoms with Gasteiger partial charge in [-0.2, -0.15) is 0 Å². The van der Waals surface area contributed by atoms with Crippen LogP contribution < -0.4 is 0 Å². The van der Waals surface area contributed by atoms with E-state index >= 15 is 0 Å². The van der Waals surface area contributed by atoms with Crippen molar-refractivity contribution < 1.29 is 4.42 Å². The number of hydrogen-bond acceptors (Lipinski definition) is 2. The van der Waals surface area contributed by atoms with Crippen molar-refractivity contribution in [1.82, 2.24) is 0 Å². The highest BCUT2D eigenvalue weighted by Crippen LogP contribution is 2.37. The number of fused-ring (bicyclic) bond motifs is 6. The Balaban J connectivity index is 1.53. The highest BCUT2D eigenvalue weighted by Gasteiger charge is 2.15. The first kappa shape index (κ1) is 16.8. The van der Waals surface area contributed by atoms with E-state index in [0.29, 0.717) is 0 Å². The summed E-state index contributed by atoms with van der Waals surface area (Å²) in [5.41, 5.74) is 5.99. The molecule has 0 fully saturated rings. The molecule has 29 heavy (non-hydrogen) atoms. The minimum atomic E-state index is 0.911. The molecule has 6 rings (SSSR count). The molecule has 0 unspecified atom stereocenters. The second kappa shape index (κ2) is 6.47. The van der Waals surface area contributed by atoms with Crippen molar-refractivity contribution in [3.63, 3.8) is 0 Å². The van der Waals surface area contributed by atoms with Gasteiger partial charge in [0.2, 0.25) is 0 Å². The highest BCUT2D eigenvalue weighted by molar-refractivity contribution is 7.25. The molecule has 0 saturated carbocycles. The number of aryl methyl sites for hydroxylation is 1. The Hall–Kier alpha value is -3.10. The average molecular weight is 393 g/mol. The molecule has 0 saturated heterocycles. The van der Waals surface area contributed by atoms with Crippen LogP contribution in [0.25, 0.3) is 42.1 Å². The first-order chi connectivity index (χ1) is 14.3. The molecule has 0 N–H and O–H groups in total. The Kier molecular flexibility index (Phi) is 3.75. The number of furan rings is 1. The van der Waals surface area contributed by atoms with Gasteiger partial charge in [-0.1, -0.05) is 67.6 Å². The molecule has 0 aliphatic rings. The lowest BCUT2D eigenvalue weighted by Gasteiger charge is -2.07. The van der Waals surface area contributed by atoms with Crippen molar-refractivity contribution in [2.75, 3.05) is 0 Å². The summed E-state index contributed by atoms with van der Waals surface area (Å²) in [4.78, 5) is 0. The quantitative estimate of drug-likeness (QED) is 0.296. The van der Waals surface area contributed by atoms with Gasteiger partial charge < -0.3 is 4.42 Å². The van der Waals surface area contributed by atoms with Crippen LogP contribution in [-0.2, 0) is 12.8 Å². The smallest absolute Gasteiger partial charge is 0.138 e. The molecule has 4 aromatic carbocycles. The molecular weight excluding hydrogens is 372 g/mol. The molecule has 0 amide bonds. The Labute approximate surface area is 173 Å². The predicted molar refractivity (Wildman–Crippen MR) is 125 cm³/mol. The van der Waals surface area contributed by atoms with E-state index in [9.17, 15) is 0 Å². The lowest BCUT2D eigenvalue weighted by Crippen LogP contribution is -1.91. The minimum absolute atomic E-state index is 0.911. The predicted octanol–water partition coefficient (Wildman–Crippen LogP) is 8.11. The lowest BCUT2D eigenvalue weighted by molar-refractivity contribution is 0.663. The van der Waals surface area contributed by atoms with Crippen LogP contribution >= 0.6 is 11.3 Å². The molecule has 6 aromatic rings. The van der Waals surface area contributed by atoms with Gasteiger partial charge in [0.05, 0.1) is 0 Å². The number of rotatable bonds is 3. The Morgan fingerprint density at radius 1 is 0.724 bits per heavy atom. The van der Waals surface area contributed by atoms with Crippen LogP contribution in [0.15, 0.2) is 83.3 Å². The third-order valence-corrected chi connectivity index (χ3v) is 7.05. The topological polar surface area (TPSA) is 13.1 Å². The molecule has 2 heterocycles. The first-order valence-corrected chi connectivity index (χ1v) is 11.0. The van der Waals surface area contributed by atoms with E-state index in [1.165, 1.54) is 47.6 Å². The maximum Gasteiger partial charge on any atom is 0.138 e. The zero-order valence-electron chi connectivity index (χ0n) is 16.2. The van der Waals surface area contributed by atoms with Crippen molar-refractivity contribution in [2.45, 2.75) is 19.8 Å². The maximum atomic E-state index is 6.27. The van der Waals surface area contributed by atoms with Gasteiger partial charge in [-0.25, -0.2) is 0 Å². The van der Waals surface area contributed by atoms with Crippen molar-refractivity contribution in [3.8, 4) is 0 Å². The molecule has 140 valence electrons. The Morgan fingerprint density at radius 2 is 1.48 bits per heavy atom. The van der Waals surface area contributed by atoms with Gasteiger partial charge in [0.1, 0.15) is 11.2 Å². The number of para-hydroxylation sites is 1. The van der Waals surface area contributed by atoms with E-state index in [1.54, 1.807) is 0 Å². The fraction of sp³-hybridized carbons (Fsp3) is 0.111. The normalized spacial score (nSPS) is 11.9. The first-order valence-electron chi connectivity index (χ1n) is 10.1. The fourth-order valence-electron chi connectivity index (χ4n) is 4.48. The summed E-state index contributed by atoms with van der Waals surface area (Å²) in [5, 5.41) is 5.20. The summed E-state index contributed by atoms with van der Waals surface area (Å²) >= 11 is 1.88. The maximum absolute atomic E-state index is 6.27. The summed E-state index contributed by atoms with van der Waals surface area (Å²) in [6.07, 6.45) is 1.89. The van der Waals surface area contributed by atoms with Gasteiger partial charge in [-0.15, -0.1) is 11.3 Å². The molecule has 0 atom stereocenters. The second-order valence-corrected chi connectivity index (χ2v) is 8.73. The molecule has 2 aromatic heterocycles. The summed E-state index contributed by atoms with van der Waals surface area (Å²) in [7, 11) is 0. The van der Waals surface area contributed by atoms with Gasteiger partial charge in [0, 0.05) is 30.9 Å².